The van der Waals surface area contributed by atoms with Gasteiger partial charge >= 0.3 is 96.8 Å². The number of nitrogens with zero attached hydrogens (tertiary/aromatic N) is 2. The van der Waals surface area contributed by atoms with Crippen molar-refractivity contribution in [2.24, 2.45) is 10.2 Å². The van der Waals surface area contributed by atoms with Gasteiger partial charge in [0.25, 0.3) is 0 Å². The normalized spacial score (nSPS) is 14.8. The van der Waals surface area contributed by atoms with E-state index in [9.17, 15) is 61.5 Å². The third-order valence-electron chi connectivity index (χ3n) is 8.70. The van der Waals surface area contributed by atoms with E-state index < -0.39 is 117 Å². The van der Waals surface area contributed by atoms with Crippen LogP contribution in [0.15, 0.2) is 90.5 Å². The Hall–Kier alpha value is -3.33. The molecule has 4 aromatic carbocycles. The Kier molecular flexibility index (Phi) is 18.7. The van der Waals surface area contributed by atoms with Crippen molar-refractivity contribution in [2.75, 3.05) is 36.5 Å². The van der Waals surface area contributed by atoms with Crippen molar-refractivity contribution in [3.63, 3.8) is 0 Å². The maximum atomic E-state index is 13.4. The molecule has 64 heavy (non-hydrogen) atoms. The molecule has 0 unspecified atom stereocenters. The van der Waals surface area contributed by atoms with E-state index in [0.29, 0.717) is 47.5 Å². The van der Waals surface area contributed by atoms with Crippen LogP contribution in [0.25, 0.3) is 23.3 Å². The van der Waals surface area contributed by atoms with Crippen molar-refractivity contribution in [3.8, 4) is 22.6 Å². The summed E-state index contributed by atoms with van der Waals surface area (Å²) in [5.74, 6) is -2.25. The number of nitrogen functional groups attached to an aromatic ring is 2. The molecule has 0 fully saturated rings. The number of nitrogens with one attached hydrogen (secondary N) is 2. The van der Waals surface area contributed by atoms with E-state index in [0.717, 1.165) is 0 Å². The van der Waals surface area contributed by atoms with Crippen LogP contribution in [-0.4, -0.2) is 89.1 Å². The van der Waals surface area contributed by atoms with E-state index >= 15 is 0 Å². The number of nitrogens with two attached hydrogens (primary N) is 2. The molecule has 0 saturated carbocycles. The first-order chi connectivity index (χ1) is 27.8. The van der Waals surface area contributed by atoms with Crippen LogP contribution in [0.1, 0.15) is 31.8 Å². The van der Waals surface area contributed by atoms with E-state index in [1.54, 1.807) is 0 Å². The standard InChI is InChI=1S/C34H28N6O16S4.2Li.2Na/c1-55-25-9-15(3-5-23(25)37-39-31-27(59(49,50)51)11-17-7-19(57(43,44)45)13-21(35)29(17)33(31)41)16-4-6-24(26(10-16)56-2)38-40-32-28(60(52,53)54)12-18-8-20(58(46,47)48)14-22(36)30(18)34(32)42;;;;/h3-14,37-38H,35-36H2,1-2H3,(H,43,44,45)(H,46,47,48)(H,49,50,51)(H,52,53,54);;;;/q;4*+1/p-4/b39-31+,40-32+;;;;. The van der Waals surface area contributed by atoms with Gasteiger partial charge in [-0.3, -0.25) is 20.4 Å². The fraction of sp³-hybridized carbons (Fsp3) is 0.0588. The van der Waals surface area contributed by atoms with Crippen LogP contribution in [0.2, 0.25) is 0 Å². The molecule has 0 radical (unpaired) electrons. The molecule has 0 aliphatic heterocycles. The van der Waals surface area contributed by atoms with Crippen LogP contribution in [0, 0.1) is 0 Å². The number of ether oxygens (including phenoxy) is 2. The fourth-order valence-corrected chi connectivity index (χ4v) is 8.37. The van der Waals surface area contributed by atoms with E-state index in [2.05, 4.69) is 21.1 Å². The van der Waals surface area contributed by atoms with Gasteiger partial charge < -0.3 is 39.2 Å². The number of carbonyl (C=O) groups is 2. The number of anilines is 4. The molecule has 4 aromatic rings. The topological polar surface area (TPSA) is 382 Å². The SMILES string of the molecule is COc1cc(-c2ccc(N/N=C3/C(=O)c4c(N)cc(S(=O)(=O)[O-])cc4C=C3S(=O)(=O)[O-])c(OC)c2)ccc1N/N=C1/C(=O)c2c(N)cc(S(=O)(=O)[O-])cc2C=C1S(=O)(=O)[O-].[Li+].[Li+].[Na+].[Na+]. The van der Waals surface area contributed by atoms with Crippen molar-refractivity contribution in [3.05, 3.63) is 92.7 Å². The molecule has 0 heterocycles. The molecule has 0 amide bonds. The summed E-state index contributed by atoms with van der Waals surface area (Å²) in [5, 5.41) is 7.69. The van der Waals surface area contributed by atoms with Gasteiger partial charge in [0.05, 0.1) is 56.3 Å². The first-order valence-corrected chi connectivity index (χ1v) is 21.7. The zero-order valence-corrected chi connectivity index (χ0v) is 41.4. The number of hydrogen-bond donors (Lipinski definition) is 4. The van der Waals surface area contributed by atoms with E-state index in [4.69, 9.17) is 20.9 Å². The van der Waals surface area contributed by atoms with Crippen molar-refractivity contribution in [2.45, 2.75) is 9.79 Å². The molecule has 0 saturated heterocycles. The quantitative estimate of drug-likeness (QED) is 0.0469. The van der Waals surface area contributed by atoms with Gasteiger partial charge in [-0.2, -0.15) is 10.2 Å². The van der Waals surface area contributed by atoms with Crippen LogP contribution in [0.3, 0.4) is 0 Å². The van der Waals surface area contributed by atoms with Crippen LogP contribution >= 0.6 is 0 Å². The maximum Gasteiger partial charge on any atom is 1.00 e. The second-order valence-corrected chi connectivity index (χ2v) is 17.9. The third kappa shape index (κ3) is 11.8. The number of fused-ring (bicyclic) bond motifs is 2. The number of benzene rings is 4. The first kappa shape index (κ1) is 56.8. The Morgan fingerprint density at radius 1 is 0.531 bits per heavy atom. The minimum absolute atomic E-state index is 0. The van der Waals surface area contributed by atoms with Crippen LogP contribution < -0.4 is 129 Å². The predicted octanol–water partition coefficient (Wildman–Crippen LogP) is -10.5. The Bertz CT molecular complexity index is 2990. The molecule has 6 rings (SSSR count). The maximum absolute atomic E-state index is 13.4. The zero-order valence-electron chi connectivity index (χ0n) is 34.1. The van der Waals surface area contributed by atoms with Crippen molar-refractivity contribution in [1.29, 1.82) is 0 Å². The molecule has 0 aromatic heterocycles. The molecule has 22 nitrogen and oxygen atoms in total. The second-order valence-electron chi connectivity index (χ2n) is 12.4. The van der Waals surface area contributed by atoms with Gasteiger partial charge in [-0.05, 0) is 82.9 Å². The largest absolute Gasteiger partial charge is 1.00 e. The summed E-state index contributed by atoms with van der Waals surface area (Å²) in [6.07, 6.45) is 1.32. The summed E-state index contributed by atoms with van der Waals surface area (Å²) >= 11 is 0. The van der Waals surface area contributed by atoms with Gasteiger partial charge in [0.15, 0.2) is 0 Å². The number of Topliss-reactive ketones (excluding diaryl/α,β-unsaturated/α-hetero) is 2. The molecule has 6 N–H and O–H groups in total. The van der Waals surface area contributed by atoms with Crippen LogP contribution in [0.5, 0.6) is 11.5 Å². The minimum Gasteiger partial charge on any atom is -0.744 e. The van der Waals surface area contributed by atoms with E-state index in [1.807, 2.05) is 0 Å². The number of methoxy groups -OCH3 is 2. The van der Waals surface area contributed by atoms with Gasteiger partial charge in [-0.25, -0.2) is 33.7 Å². The van der Waals surface area contributed by atoms with Crippen LogP contribution in [-0.2, 0) is 40.5 Å². The molecule has 314 valence electrons. The number of ketones is 2. The minimum atomic E-state index is -5.43. The summed E-state index contributed by atoms with van der Waals surface area (Å²) < 4.78 is 153. The Morgan fingerprint density at radius 3 is 1.14 bits per heavy atom. The van der Waals surface area contributed by atoms with Gasteiger partial charge in [0, 0.05) is 11.4 Å². The van der Waals surface area contributed by atoms with Gasteiger partial charge in [-0.15, -0.1) is 0 Å². The molecule has 2 aliphatic carbocycles. The molecule has 2 aliphatic rings. The molecule has 0 spiro atoms. The number of carbonyl (C=O) groups excluding carboxylic acids is 2. The number of allylic oxidation sites excluding steroid dienone is 2. The number of hydrazone groups is 2. The second kappa shape index (κ2) is 21.1. The Morgan fingerprint density at radius 2 is 0.859 bits per heavy atom. The monoisotopic (exact) mass is 960 g/mol. The first-order valence-electron chi connectivity index (χ1n) is 16.1. The average Bonchev–Trinajstić information content (AvgIpc) is 3.14. The van der Waals surface area contributed by atoms with Gasteiger partial charge in [0.2, 0.25) is 11.6 Å². The van der Waals surface area contributed by atoms with E-state index in [-0.39, 0.29) is 120 Å². The number of rotatable bonds is 11. The van der Waals surface area contributed by atoms with Crippen LogP contribution in [0.4, 0.5) is 22.7 Å². The fourth-order valence-electron chi connectivity index (χ4n) is 5.99. The summed E-state index contributed by atoms with van der Waals surface area (Å²) in [5.41, 5.74) is 13.1. The van der Waals surface area contributed by atoms with Crippen molar-refractivity contribution >= 4 is 98.4 Å². The Balaban J connectivity index is 0.00000352. The molecular formula is C34H24Li2N6Na2O16S4. The number of hydrogen-bond acceptors (Lipinski definition) is 22. The van der Waals surface area contributed by atoms with Crippen molar-refractivity contribution < 1.29 is 168 Å². The molecule has 0 atom stereocenters. The summed E-state index contributed by atoms with van der Waals surface area (Å²) in [4.78, 5) is 22.8. The Labute approximate surface area is 433 Å². The smallest absolute Gasteiger partial charge is 0.744 e. The molecular weight excluding hydrogens is 937 g/mol. The van der Waals surface area contributed by atoms with Crippen molar-refractivity contribution in [1.82, 2.24) is 0 Å². The van der Waals surface area contributed by atoms with Gasteiger partial charge in [0.1, 0.15) is 63.4 Å². The summed E-state index contributed by atoms with van der Waals surface area (Å²) in [6, 6.07) is 11.5. The average molecular weight is 961 g/mol. The summed E-state index contributed by atoms with van der Waals surface area (Å²) in [6.45, 7) is 0. The molecule has 0 bridgehead atoms. The predicted molar refractivity (Wildman–Crippen MR) is 209 cm³/mol. The zero-order chi connectivity index (χ0) is 44.3. The molecule has 30 heteroatoms. The summed E-state index contributed by atoms with van der Waals surface area (Å²) in [7, 11) is -18.5. The van der Waals surface area contributed by atoms with Gasteiger partial charge in [-0.1, -0.05) is 12.1 Å². The third-order valence-corrected chi connectivity index (χ3v) is 12.0. The van der Waals surface area contributed by atoms with E-state index in [1.165, 1.54) is 50.6 Å².